The molecule has 2 atom stereocenters. The highest BCUT2D eigenvalue weighted by Crippen LogP contribution is 2.14. The van der Waals surface area contributed by atoms with Gasteiger partial charge in [-0.1, -0.05) is 6.08 Å². The Kier molecular flexibility index (Phi) is 4.96. The molecule has 1 heterocycles. The molecule has 1 aliphatic rings. The molecule has 1 amide bonds. The summed E-state index contributed by atoms with van der Waals surface area (Å²) < 4.78 is 0. The molecule has 1 saturated heterocycles. The minimum atomic E-state index is -0.0575. The molecular formula is C12H23N3O. The van der Waals surface area contributed by atoms with Crippen LogP contribution in [0.1, 0.15) is 13.3 Å². The number of likely N-dealkylation sites (N-methyl/N-ethyl adjacent to an activating group) is 2. The van der Waals surface area contributed by atoms with E-state index in [-0.39, 0.29) is 11.9 Å². The Balaban J connectivity index is 2.83. The molecule has 1 N–H and O–H groups in total. The Bertz CT molecular complexity index is 255. The molecule has 2 unspecified atom stereocenters. The smallest absolute Gasteiger partial charge is 0.241 e. The molecule has 92 valence electrons. The summed E-state index contributed by atoms with van der Waals surface area (Å²) in [7, 11) is 3.78. The Labute approximate surface area is 98.3 Å². The second kappa shape index (κ2) is 6.01. The zero-order valence-electron chi connectivity index (χ0n) is 10.6. The molecule has 0 aliphatic carbocycles. The van der Waals surface area contributed by atoms with Crippen LogP contribution in [0.5, 0.6) is 0 Å². The Hall–Kier alpha value is -0.870. The van der Waals surface area contributed by atoms with Gasteiger partial charge in [0.1, 0.15) is 6.04 Å². The van der Waals surface area contributed by atoms with E-state index in [1.165, 1.54) is 0 Å². The highest BCUT2D eigenvalue weighted by molar-refractivity contribution is 5.82. The minimum Gasteiger partial charge on any atom is -0.342 e. The van der Waals surface area contributed by atoms with Crippen molar-refractivity contribution >= 4 is 5.91 Å². The summed E-state index contributed by atoms with van der Waals surface area (Å²) in [5.41, 5.74) is 0. The van der Waals surface area contributed by atoms with E-state index in [2.05, 4.69) is 23.7 Å². The minimum absolute atomic E-state index is 0.0575. The first-order valence-electron chi connectivity index (χ1n) is 5.88. The van der Waals surface area contributed by atoms with Crippen LogP contribution in [0.25, 0.3) is 0 Å². The van der Waals surface area contributed by atoms with Gasteiger partial charge in [-0.05, 0) is 20.4 Å². The van der Waals surface area contributed by atoms with Crippen molar-refractivity contribution in [3.8, 4) is 0 Å². The van der Waals surface area contributed by atoms with Crippen LogP contribution in [-0.2, 0) is 4.79 Å². The van der Waals surface area contributed by atoms with Crippen LogP contribution in [0, 0.1) is 0 Å². The van der Waals surface area contributed by atoms with Crippen LogP contribution >= 0.6 is 0 Å². The Morgan fingerprint density at radius 2 is 2.31 bits per heavy atom. The lowest BCUT2D eigenvalue weighted by Gasteiger charge is -2.29. The number of hydrogen-bond donors (Lipinski definition) is 1. The van der Waals surface area contributed by atoms with Crippen LogP contribution in [0.15, 0.2) is 12.7 Å². The molecule has 0 spiro atoms. The number of amides is 1. The molecule has 16 heavy (non-hydrogen) atoms. The zero-order valence-corrected chi connectivity index (χ0v) is 10.6. The summed E-state index contributed by atoms with van der Waals surface area (Å²) in [6.45, 7) is 8.29. The van der Waals surface area contributed by atoms with Crippen LogP contribution in [-0.4, -0.2) is 61.5 Å². The third kappa shape index (κ3) is 2.83. The van der Waals surface area contributed by atoms with E-state index in [0.29, 0.717) is 12.6 Å². The summed E-state index contributed by atoms with van der Waals surface area (Å²) in [6.07, 6.45) is 2.89. The molecule has 0 radical (unpaired) electrons. The van der Waals surface area contributed by atoms with E-state index in [1.54, 1.807) is 0 Å². The predicted octanol–water partition coefficient (Wildman–Crippen LogP) is 0.313. The number of carbonyl (C=O) groups is 1. The fourth-order valence-corrected chi connectivity index (χ4v) is 2.10. The summed E-state index contributed by atoms with van der Waals surface area (Å²) in [5.74, 6) is 0.209. The van der Waals surface area contributed by atoms with Crippen LogP contribution < -0.4 is 5.32 Å². The van der Waals surface area contributed by atoms with Crippen molar-refractivity contribution in [3.05, 3.63) is 12.7 Å². The highest BCUT2D eigenvalue weighted by atomic mass is 16.2. The summed E-state index contributed by atoms with van der Waals surface area (Å²) >= 11 is 0. The number of nitrogens with one attached hydrogen (secondary N) is 1. The second-order valence-corrected chi connectivity index (χ2v) is 4.44. The fourth-order valence-electron chi connectivity index (χ4n) is 2.10. The van der Waals surface area contributed by atoms with Gasteiger partial charge >= 0.3 is 0 Å². The molecular weight excluding hydrogens is 202 g/mol. The van der Waals surface area contributed by atoms with Crippen molar-refractivity contribution in [2.24, 2.45) is 0 Å². The van der Waals surface area contributed by atoms with Gasteiger partial charge in [-0.15, -0.1) is 6.58 Å². The van der Waals surface area contributed by atoms with Crippen molar-refractivity contribution in [3.63, 3.8) is 0 Å². The van der Waals surface area contributed by atoms with Gasteiger partial charge < -0.3 is 10.2 Å². The largest absolute Gasteiger partial charge is 0.342 e. The average Bonchev–Trinajstić information content (AvgIpc) is 2.37. The number of rotatable bonds is 4. The van der Waals surface area contributed by atoms with Gasteiger partial charge in [0.25, 0.3) is 0 Å². The third-order valence-corrected chi connectivity index (χ3v) is 3.33. The maximum Gasteiger partial charge on any atom is 0.241 e. The van der Waals surface area contributed by atoms with Crippen molar-refractivity contribution in [1.29, 1.82) is 0 Å². The van der Waals surface area contributed by atoms with E-state index in [9.17, 15) is 4.79 Å². The maximum atomic E-state index is 12.2. The quantitative estimate of drug-likeness (QED) is 0.700. The number of hydrogen-bond acceptors (Lipinski definition) is 3. The molecule has 4 nitrogen and oxygen atoms in total. The lowest BCUT2D eigenvalue weighted by Crippen LogP contribution is -2.50. The summed E-state index contributed by atoms with van der Waals surface area (Å²) in [6, 6.07) is 0.264. The molecule has 0 aromatic heterocycles. The maximum absolute atomic E-state index is 12.2. The molecule has 1 aliphatic heterocycles. The van der Waals surface area contributed by atoms with Gasteiger partial charge in [0.05, 0.1) is 0 Å². The van der Waals surface area contributed by atoms with E-state index in [0.717, 1.165) is 19.5 Å². The number of nitrogens with zero attached hydrogens (tertiary/aromatic N) is 2. The monoisotopic (exact) mass is 225 g/mol. The van der Waals surface area contributed by atoms with E-state index >= 15 is 0 Å². The van der Waals surface area contributed by atoms with E-state index in [4.69, 9.17) is 0 Å². The van der Waals surface area contributed by atoms with Gasteiger partial charge in [0.2, 0.25) is 5.91 Å². The van der Waals surface area contributed by atoms with Crippen LogP contribution in [0.2, 0.25) is 0 Å². The molecule has 1 fully saturated rings. The summed E-state index contributed by atoms with van der Waals surface area (Å²) in [4.78, 5) is 16.3. The Morgan fingerprint density at radius 3 is 2.88 bits per heavy atom. The van der Waals surface area contributed by atoms with Gasteiger partial charge in [0.15, 0.2) is 0 Å². The van der Waals surface area contributed by atoms with Gasteiger partial charge in [0, 0.05) is 32.7 Å². The SMILES string of the molecule is C=CCN1CCC(C)N(C)C(=O)C1CNC. The van der Waals surface area contributed by atoms with Crippen molar-refractivity contribution in [1.82, 2.24) is 15.1 Å². The topological polar surface area (TPSA) is 35.6 Å². The van der Waals surface area contributed by atoms with Crippen molar-refractivity contribution < 1.29 is 4.79 Å². The lowest BCUT2D eigenvalue weighted by atomic mass is 10.2. The predicted molar refractivity (Wildman–Crippen MR) is 66.3 cm³/mol. The van der Waals surface area contributed by atoms with E-state index < -0.39 is 0 Å². The van der Waals surface area contributed by atoms with Crippen LogP contribution in [0.3, 0.4) is 0 Å². The first-order valence-corrected chi connectivity index (χ1v) is 5.88. The molecule has 1 rings (SSSR count). The lowest BCUT2D eigenvalue weighted by molar-refractivity contribution is -0.135. The van der Waals surface area contributed by atoms with Crippen LogP contribution in [0.4, 0.5) is 0 Å². The third-order valence-electron chi connectivity index (χ3n) is 3.33. The Morgan fingerprint density at radius 1 is 1.62 bits per heavy atom. The standard InChI is InChI=1S/C12H23N3O/c1-5-7-15-8-6-10(2)14(4)12(16)11(15)9-13-3/h5,10-11,13H,1,6-9H2,2-4H3. The zero-order chi connectivity index (χ0) is 12.1. The van der Waals surface area contributed by atoms with Crippen molar-refractivity contribution in [2.45, 2.75) is 25.4 Å². The van der Waals surface area contributed by atoms with Gasteiger partial charge in [-0.2, -0.15) is 0 Å². The molecule has 0 saturated carbocycles. The molecule has 0 aromatic rings. The van der Waals surface area contributed by atoms with E-state index in [1.807, 2.05) is 25.1 Å². The number of carbonyl (C=O) groups excluding carboxylic acids is 1. The molecule has 0 bridgehead atoms. The fraction of sp³-hybridized carbons (Fsp3) is 0.750. The normalized spacial score (nSPS) is 27.9. The molecule has 4 heteroatoms. The second-order valence-electron chi connectivity index (χ2n) is 4.44. The van der Waals surface area contributed by atoms with Gasteiger partial charge in [-0.3, -0.25) is 9.69 Å². The highest BCUT2D eigenvalue weighted by Gasteiger charge is 2.32. The average molecular weight is 225 g/mol. The summed E-state index contributed by atoms with van der Waals surface area (Å²) in [5, 5.41) is 3.10. The first kappa shape index (κ1) is 13.2. The first-order chi connectivity index (χ1) is 7.61. The van der Waals surface area contributed by atoms with Gasteiger partial charge in [-0.25, -0.2) is 0 Å². The van der Waals surface area contributed by atoms with Crippen molar-refractivity contribution in [2.75, 3.05) is 33.7 Å². The molecule has 0 aromatic carbocycles.